The van der Waals surface area contributed by atoms with Crippen LogP contribution in [0.3, 0.4) is 0 Å². The molecule has 4 nitrogen and oxygen atoms in total. The summed E-state index contributed by atoms with van der Waals surface area (Å²) in [6.45, 7) is 4.87. The molecule has 0 amide bonds. The molecule has 0 spiro atoms. The summed E-state index contributed by atoms with van der Waals surface area (Å²) >= 11 is 1.56. The van der Waals surface area contributed by atoms with E-state index in [0.29, 0.717) is 6.42 Å². The zero-order chi connectivity index (χ0) is 11.5. The summed E-state index contributed by atoms with van der Waals surface area (Å²) in [5.41, 5.74) is 0.744. The highest BCUT2D eigenvalue weighted by molar-refractivity contribution is 7.09. The highest BCUT2D eigenvalue weighted by Gasteiger charge is 2.14. The van der Waals surface area contributed by atoms with Crippen LogP contribution in [0.1, 0.15) is 29.6 Å². The molecular formula is C11H15N3OS. The number of aryl methyl sites for hydroxylation is 2. The van der Waals surface area contributed by atoms with Gasteiger partial charge < -0.3 is 9.67 Å². The number of hydrogen-bond donors (Lipinski definition) is 1. The van der Waals surface area contributed by atoms with Gasteiger partial charge in [0.05, 0.1) is 10.7 Å². The zero-order valence-corrected chi connectivity index (χ0v) is 10.2. The standard InChI is InChI=1S/C11H15N3OS/c1-3-14-5-4-12-11(14)6-10(15)9-7-16-8(2)13-9/h4-5,7,10,15H,3,6H2,1-2H3. The van der Waals surface area contributed by atoms with Gasteiger partial charge in [-0.05, 0) is 13.8 Å². The fourth-order valence-electron chi connectivity index (χ4n) is 1.63. The number of rotatable bonds is 4. The van der Waals surface area contributed by atoms with Crippen molar-refractivity contribution < 1.29 is 5.11 Å². The summed E-state index contributed by atoms with van der Waals surface area (Å²) in [4.78, 5) is 8.52. The van der Waals surface area contributed by atoms with Gasteiger partial charge in [-0.25, -0.2) is 9.97 Å². The molecular weight excluding hydrogens is 222 g/mol. The van der Waals surface area contributed by atoms with Gasteiger partial charge in [-0.1, -0.05) is 0 Å². The van der Waals surface area contributed by atoms with E-state index in [1.54, 1.807) is 17.5 Å². The third-order valence-electron chi connectivity index (χ3n) is 2.50. The number of hydrogen-bond acceptors (Lipinski definition) is 4. The molecule has 0 saturated heterocycles. The molecule has 0 fully saturated rings. The summed E-state index contributed by atoms with van der Waals surface area (Å²) in [6.07, 6.45) is 3.65. The van der Waals surface area contributed by atoms with Crippen molar-refractivity contribution in [3.05, 3.63) is 34.3 Å². The van der Waals surface area contributed by atoms with Crippen molar-refractivity contribution in [2.24, 2.45) is 0 Å². The Balaban J connectivity index is 2.10. The van der Waals surface area contributed by atoms with Gasteiger partial charge in [0.2, 0.25) is 0 Å². The first-order valence-electron chi connectivity index (χ1n) is 5.30. The van der Waals surface area contributed by atoms with Crippen LogP contribution in [0, 0.1) is 6.92 Å². The van der Waals surface area contributed by atoms with Gasteiger partial charge in [-0.15, -0.1) is 11.3 Å². The van der Waals surface area contributed by atoms with Crippen LogP contribution in [0.25, 0.3) is 0 Å². The Morgan fingerprint density at radius 3 is 3.00 bits per heavy atom. The van der Waals surface area contributed by atoms with Gasteiger partial charge in [0.25, 0.3) is 0 Å². The lowest BCUT2D eigenvalue weighted by Crippen LogP contribution is -2.08. The van der Waals surface area contributed by atoms with Crippen molar-refractivity contribution in [3.8, 4) is 0 Å². The largest absolute Gasteiger partial charge is 0.386 e. The minimum Gasteiger partial charge on any atom is -0.386 e. The van der Waals surface area contributed by atoms with Gasteiger partial charge in [0.1, 0.15) is 11.9 Å². The molecule has 2 aromatic rings. The molecule has 2 rings (SSSR count). The predicted octanol–water partition coefficient (Wildman–Crippen LogP) is 1.94. The number of aliphatic hydroxyl groups excluding tert-OH is 1. The second kappa shape index (κ2) is 4.76. The molecule has 86 valence electrons. The van der Waals surface area contributed by atoms with E-state index in [-0.39, 0.29) is 0 Å². The normalized spacial score (nSPS) is 12.9. The van der Waals surface area contributed by atoms with Gasteiger partial charge in [-0.2, -0.15) is 0 Å². The van der Waals surface area contributed by atoms with Crippen molar-refractivity contribution in [1.82, 2.24) is 14.5 Å². The van der Waals surface area contributed by atoms with E-state index in [1.165, 1.54) is 0 Å². The molecule has 0 bridgehead atoms. The highest BCUT2D eigenvalue weighted by Crippen LogP contribution is 2.19. The summed E-state index contributed by atoms with van der Waals surface area (Å²) in [5.74, 6) is 0.903. The van der Waals surface area contributed by atoms with Crippen molar-refractivity contribution in [2.45, 2.75) is 32.9 Å². The van der Waals surface area contributed by atoms with Crippen LogP contribution in [-0.4, -0.2) is 19.6 Å². The van der Waals surface area contributed by atoms with E-state index in [4.69, 9.17) is 0 Å². The maximum atomic E-state index is 10.0. The summed E-state index contributed by atoms with van der Waals surface area (Å²) in [7, 11) is 0. The summed E-state index contributed by atoms with van der Waals surface area (Å²) in [5, 5.41) is 12.9. The molecule has 0 radical (unpaired) electrons. The average Bonchev–Trinajstić information content (AvgIpc) is 2.86. The Morgan fingerprint density at radius 1 is 1.56 bits per heavy atom. The number of aromatic nitrogens is 3. The van der Waals surface area contributed by atoms with E-state index >= 15 is 0 Å². The first-order chi connectivity index (χ1) is 7.70. The smallest absolute Gasteiger partial charge is 0.111 e. The van der Waals surface area contributed by atoms with Crippen molar-refractivity contribution in [2.75, 3.05) is 0 Å². The number of aliphatic hydroxyl groups is 1. The molecule has 0 aromatic carbocycles. The topological polar surface area (TPSA) is 50.9 Å². The van der Waals surface area contributed by atoms with Crippen molar-refractivity contribution >= 4 is 11.3 Å². The van der Waals surface area contributed by atoms with Crippen LogP contribution in [0.4, 0.5) is 0 Å². The van der Waals surface area contributed by atoms with Gasteiger partial charge >= 0.3 is 0 Å². The minimum absolute atomic E-state index is 0.518. The minimum atomic E-state index is -0.558. The fraction of sp³-hybridized carbons (Fsp3) is 0.455. The predicted molar refractivity (Wildman–Crippen MR) is 63.4 cm³/mol. The lowest BCUT2D eigenvalue weighted by Gasteiger charge is -2.08. The molecule has 2 heterocycles. The molecule has 1 N–H and O–H groups in total. The first-order valence-corrected chi connectivity index (χ1v) is 6.18. The van der Waals surface area contributed by atoms with E-state index in [1.807, 2.05) is 23.1 Å². The Kier molecular flexibility index (Phi) is 3.36. The molecule has 1 unspecified atom stereocenters. The van der Waals surface area contributed by atoms with Crippen LogP contribution in [0.5, 0.6) is 0 Å². The number of thiazole rings is 1. The van der Waals surface area contributed by atoms with Crippen LogP contribution >= 0.6 is 11.3 Å². The second-order valence-corrected chi connectivity index (χ2v) is 4.70. The van der Waals surface area contributed by atoms with E-state index in [9.17, 15) is 5.11 Å². The Morgan fingerprint density at radius 2 is 2.38 bits per heavy atom. The molecule has 1 atom stereocenters. The van der Waals surface area contributed by atoms with Crippen molar-refractivity contribution in [3.63, 3.8) is 0 Å². The van der Waals surface area contributed by atoms with Gasteiger partial charge in [0, 0.05) is 30.7 Å². The molecule has 0 saturated carbocycles. The molecule has 0 aliphatic carbocycles. The quantitative estimate of drug-likeness (QED) is 0.884. The highest BCUT2D eigenvalue weighted by atomic mass is 32.1. The molecule has 2 aromatic heterocycles. The van der Waals surface area contributed by atoms with Crippen LogP contribution in [0.2, 0.25) is 0 Å². The Hall–Kier alpha value is -1.20. The van der Waals surface area contributed by atoms with Gasteiger partial charge in [-0.3, -0.25) is 0 Å². The van der Waals surface area contributed by atoms with E-state index in [0.717, 1.165) is 23.1 Å². The molecule has 5 heteroatoms. The van der Waals surface area contributed by atoms with Crippen LogP contribution in [-0.2, 0) is 13.0 Å². The average molecular weight is 237 g/mol. The SMILES string of the molecule is CCn1ccnc1CC(O)c1csc(C)n1. The first kappa shape index (κ1) is 11.3. The summed E-state index contributed by atoms with van der Waals surface area (Å²) < 4.78 is 2.03. The fourth-order valence-corrected chi connectivity index (χ4v) is 2.29. The third kappa shape index (κ3) is 2.31. The third-order valence-corrected chi connectivity index (χ3v) is 3.29. The second-order valence-electron chi connectivity index (χ2n) is 3.64. The van der Waals surface area contributed by atoms with Gasteiger partial charge in [0.15, 0.2) is 0 Å². The maximum Gasteiger partial charge on any atom is 0.111 e. The lowest BCUT2D eigenvalue weighted by molar-refractivity contribution is 0.170. The van der Waals surface area contributed by atoms with Crippen LogP contribution in [0.15, 0.2) is 17.8 Å². The molecule has 16 heavy (non-hydrogen) atoms. The number of imidazole rings is 1. The van der Waals surface area contributed by atoms with Crippen LogP contribution < -0.4 is 0 Å². The maximum absolute atomic E-state index is 10.0. The zero-order valence-electron chi connectivity index (χ0n) is 9.42. The van der Waals surface area contributed by atoms with Crippen molar-refractivity contribution in [1.29, 1.82) is 0 Å². The molecule has 0 aliphatic heterocycles. The Labute approximate surface area is 98.6 Å². The lowest BCUT2D eigenvalue weighted by atomic mass is 10.2. The van der Waals surface area contributed by atoms with E-state index < -0.39 is 6.10 Å². The summed E-state index contributed by atoms with van der Waals surface area (Å²) in [6, 6.07) is 0. The molecule has 0 aliphatic rings. The monoisotopic (exact) mass is 237 g/mol. The van der Waals surface area contributed by atoms with E-state index in [2.05, 4.69) is 16.9 Å². The Bertz CT molecular complexity index is 463. The number of nitrogens with zero attached hydrogens (tertiary/aromatic N) is 3.